The maximum Gasteiger partial charge on any atom is 0.272 e. The van der Waals surface area contributed by atoms with Crippen LogP contribution in [0.2, 0.25) is 0 Å². The number of rotatable bonds is 8. The number of nitrogens with one attached hydrogen (secondary N) is 1. The van der Waals surface area contributed by atoms with Crippen molar-refractivity contribution in [1.82, 2.24) is 20.1 Å². The van der Waals surface area contributed by atoms with Crippen molar-refractivity contribution in [3.05, 3.63) is 70.9 Å². The Bertz CT molecular complexity index is 1050. The summed E-state index contributed by atoms with van der Waals surface area (Å²) in [7, 11) is 0. The predicted octanol–water partition coefficient (Wildman–Crippen LogP) is 4.00. The van der Waals surface area contributed by atoms with E-state index in [-0.39, 0.29) is 18.3 Å². The Labute approximate surface area is 175 Å². The molecule has 0 fully saturated rings. The zero-order chi connectivity index (χ0) is 20.9. The average molecular weight is 408 g/mol. The van der Waals surface area contributed by atoms with E-state index in [0.717, 1.165) is 48.9 Å². The summed E-state index contributed by atoms with van der Waals surface area (Å²) in [6.07, 6.45) is 6.14. The molecule has 4 rings (SSSR count). The lowest BCUT2D eigenvalue weighted by Crippen LogP contribution is -2.25. The van der Waals surface area contributed by atoms with Crippen molar-refractivity contribution in [1.29, 1.82) is 0 Å². The second kappa shape index (κ2) is 9.07. The van der Waals surface area contributed by atoms with Gasteiger partial charge in [-0.1, -0.05) is 31.5 Å². The quantitative estimate of drug-likeness (QED) is 0.572. The van der Waals surface area contributed by atoms with Crippen molar-refractivity contribution in [3.8, 4) is 11.6 Å². The number of unbranched alkanes of at least 4 members (excludes halogenated alkanes) is 1. The minimum absolute atomic E-state index is 0.272. The van der Waals surface area contributed by atoms with Crippen molar-refractivity contribution in [2.45, 2.75) is 45.6 Å². The largest absolute Gasteiger partial charge is 0.477 e. The number of benzene rings is 1. The Kier molecular flexibility index (Phi) is 6.07. The van der Waals surface area contributed by atoms with Gasteiger partial charge in [0.25, 0.3) is 5.91 Å². The van der Waals surface area contributed by atoms with E-state index in [1.807, 2.05) is 12.1 Å². The molecule has 2 aromatic heterocycles. The van der Waals surface area contributed by atoms with E-state index in [0.29, 0.717) is 23.9 Å². The first-order chi connectivity index (χ1) is 14.7. The highest BCUT2D eigenvalue weighted by Crippen LogP contribution is 2.28. The van der Waals surface area contributed by atoms with Gasteiger partial charge in [-0.3, -0.25) is 4.79 Å². The van der Waals surface area contributed by atoms with Crippen molar-refractivity contribution in [2.24, 2.45) is 0 Å². The van der Waals surface area contributed by atoms with Crippen LogP contribution in [0.15, 0.2) is 42.6 Å². The summed E-state index contributed by atoms with van der Waals surface area (Å²) in [6, 6.07) is 10.2. The number of para-hydroxylation sites is 1. The molecule has 0 bridgehead atoms. The van der Waals surface area contributed by atoms with Gasteiger partial charge in [-0.25, -0.2) is 14.1 Å². The number of hydrogen-bond acceptors (Lipinski definition) is 4. The molecule has 6 nitrogen and oxygen atoms in total. The van der Waals surface area contributed by atoms with Crippen LogP contribution in [0.3, 0.4) is 0 Å². The van der Waals surface area contributed by atoms with E-state index in [2.05, 4.69) is 22.3 Å². The standard InChI is InChI=1S/C23H25FN4O2/c1-2-3-14-30-23-16(8-7-13-25-23)15-26-22(29)21-17-9-6-12-19(17)28(27-21)20-11-5-4-10-18(20)24/h4-5,7-8,10-11,13H,2-3,6,9,12,14-15H2,1H3,(H,26,29). The molecule has 0 spiro atoms. The lowest BCUT2D eigenvalue weighted by Gasteiger charge is -2.10. The highest BCUT2D eigenvalue weighted by atomic mass is 19.1. The van der Waals surface area contributed by atoms with Crippen LogP contribution in [0.1, 0.15) is 53.5 Å². The van der Waals surface area contributed by atoms with Crippen LogP contribution in [-0.2, 0) is 19.4 Å². The van der Waals surface area contributed by atoms with E-state index in [4.69, 9.17) is 4.74 Å². The van der Waals surface area contributed by atoms with Crippen LogP contribution in [0, 0.1) is 5.82 Å². The summed E-state index contributed by atoms with van der Waals surface area (Å²) in [5.74, 6) is -0.0918. The van der Waals surface area contributed by atoms with Crippen LogP contribution in [-0.4, -0.2) is 27.3 Å². The summed E-state index contributed by atoms with van der Waals surface area (Å²) in [4.78, 5) is 17.2. The second-order valence-corrected chi connectivity index (χ2v) is 7.34. The SMILES string of the molecule is CCCCOc1ncccc1CNC(=O)c1nn(-c2ccccc2F)c2c1CCC2. The fraction of sp³-hybridized carbons (Fsp3) is 0.348. The summed E-state index contributed by atoms with van der Waals surface area (Å²) in [5, 5.41) is 7.40. The first-order valence-corrected chi connectivity index (χ1v) is 10.4. The molecule has 0 unspecified atom stereocenters. The number of hydrogen-bond donors (Lipinski definition) is 1. The third-order valence-corrected chi connectivity index (χ3v) is 5.25. The molecule has 156 valence electrons. The molecule has 3 aromatic rings. The highest BCUT2D eigenvalue weighted by Gasteiger charge is 2.27. The summed E-state index contributed by atoms with van der Waals surface area (Å²) in [6.45, 7) is 2.98. The summed E-state index contributed by atoms with van der Waals surface area (Å²) >= 11 is 0. The molecule has 0 saturated carbocycles. The molecule has 0 radical (unpaired) electrons. The smallest absolute Gasteiger partial charge is 0.272 e. The van der Waals surface area contributed by atoms with Gasteiger partial charge in [0, 0.05) is 29.6 Å². The van der Waals surface area contributed by atoms with Gasteiger partial charge in [0.05, 0.1) is 6.61 Å². The van der Waals surface area contributed by atoms with E-state index in [1.165, 1.54) is 6.07 Å². The van der Waals surface area contributed by atoms with Crippen molar-refractivity contribution >= 4 is 5.91 Å². The predicted molar refractivity (Wildman–Crippen MR) is 111 cm³/mol. The molecule has 0 atom stereocenters. The number of halogens is 1. The normalized spacial score (nSPS) is 12.6. The lowest BCUT2D eigenvalue weighted by molar-refractivity contribution is 0.0944. The van der Waals surface area contributed by atoms with Gasteiger partial charge >= 0.3 is 0 Å². The molecular formula is C23H25FN4O2. The molecule has 7 heteroatoms. The van der Waals surface area contributed by atoms with Crippen molar-refractivity contribution in [2.75, 3.05) is 6.61 Å². The molecule has 1 aliphatic carbocycles. The van der Waals surface area contributed by atoms with Gasteiger partial charge < -0.3 is 10.1 Å². The molecule has 1 aliphatic rings. The summed E-state index contributed by atoms with van der Waals surface area (Å²) < 4.78 is 21.6. The van der Waals surface area contributed by atoms with Crippen molar-refractivity contribution < 1.29 is 13.9 Å². The van der Waals surface area contributed by atoms with Crippen LogP contribution in [0.25, 0.3) is 5.69 Å². The number of aromatic nitrogens is 3. The van der Waals surface area contributed by atoms with Gasteiger partial charge in [0.1, 0.15) is 11.5 Å². The van der Waals surface area contributed by atoms with Gasteiger partial charge in [-0.15, -0.1) is 0 Å². The van der Waals surface area contributed by atoms with E-state index in [9.17, 15) is 9.18 Å². The fourth-order valence-corrected chi connectivity index (χ4v) is 3.70. The third-order valence-electron chi connectivity index (χ3n) is 5.25. The monoisotopic (exact) mass is 408 g/mol. The molecule has 30 heavy (non-hydrogen) atoms. The third kappa shape index (κ3) is 4.06. The number of carbonyl (C=O) groups is 1. The van der Waals surface area contributed by atoms with Crippen LogP contribution in [0.5, 0.6) is 5.88 Å². The maximum absolute atomic E-state index is 14.3. The van der Waals surface area contributed by atoms with E-state index >= 15 is 0 Å². The Balaban J connectivity index is 1.53. The first-order valence-electron chi connectivity index (χ1n) is 10.4. The zero-order valence-corrected chi connectivity index (χ0v) is 17.0. The minimum Gasteiger partial charge on any atom is -0.477 e. The van der Waals surface area contributed by atoms with Crippen LogP contribution >= 0.6 is 0 Å². The van der Waals surface area contributed by atoms with Crippen LogP contribution < -0.4 is 10.1 Å². The number of nitrogens with zero attached hydrogens (tertiary/aromatic N) is 3. The number of carbonyl (C=O) groups excluding carboxylic acids is 1. The van der Waals surface area contributed by atoms with E-state index in [1.54, 1.807) is 29.1 Å². The number of ether oxygens (including phenoxy) is 1. The molecule has 2 heterocycles. The fourth-order valence-electron chi connectivity index (χ4n) is 3.70. The maximum atomic E-state index is 14.3. The van der Waals surface area contributed by atoms with Crippen LogP contribution in [0.4, 0.5) is 4.39 Å². The summed E-state index contributed by atoms with van der Waals surface area (Å²) in [5.41, 5.74) is 3.36. The van der Waals surface area contributed by atoms with Gasteiger partial charge in [-0.2, -0.15) is 5.10 Å². The van der Waals surface area contributed by atoms with E-state index < -0.39 is 0 Å². The number of amides is 1. The lowest BCUT2D eigenvalue weighted by atomic mass is 10.2. The molecule has 1 N–H and O–H groups in total. The topological polar surface area (TPSA) is 69.0 Å². The molecule has 0 saturated heterocycles. The minimum atomic E-state index is -0.356. The zero-order valence-electron chi connectivity index (χ0n) is 17.0. The highest BCUT2D eigenvalue weighted by molar-refractivity contribution is 5.94. The van der Waals surface area contributed by atoms with Gasteiger partial charge in [0.15, 0.2) is 5.69 Å². The van der Waals surface area contributed by atoms with Crippen molar-refractivity contribution in [3.63, 3.8) is 0 Å². The Morgan fingerprint density at radius 1 is 1.23 bits per heavy atom. The first kappa shape index (κ1) is 20.1. The Morgan fingerprint density at radius 2 is 2.10 bits per heavy atom. The molecule has 1 aromatic carbocycles. The second-order valence-electron chi connectivity index (χ2n) is 7.34. The molecular weight excluding hydrogens is 383 g/mol. The molecule has 1 amide bonds. The average Bonchev–Trinajstić information content (AvgIpc) is 3.36. The number of fused-ring (bicyclic) bond motifs is 1. The van der Waals surface area contributed by atoms with Gasteiger partial charge in [0.2, 0.25) is 5.88 Å². The Morgan fingerprint density at radius 3 is 2.93 bits per heavy atom. The number of pyridine rings is 1. The molecule has 0 aliphatic heterocycles. The van der Waals surface area contributed by atoms with Gasteiger partial charge in [-0.05, 0) is 43.9 Å². The Hall–Kier alpha value is -3.22.